The Labute approximate surface area is 176 Å². The minimum absolute atomic E-state index is 0.294. The SMILES string of the molecule is CNC1CC(n2cc(C#N)c3ccc(N4CCN(c5ccc(O)cc5)CC4)nc32)C1. The maximum absolute atomic E-state index is 9.56. The van der Waals surface area contributed by atoms with E-state index in [-0.39, 0.29) is 0 Å². The third-order valence-corrected chi connectivity index (χ3v) is 6.52. The molecule has 0 atom stereocenters. The number of hydrogen-bond acceptors (Lipinski definition) is 6. The van der Waals surface area contributed by atoms with Crippen LogP contribution in [0.1, 0.15) is 24.4 Å². The number of phenols is 1. The number of aromatic hydroxyl groups is 1. The molecular weight excluding hydrogens is 376 g/mol. The molecule has 3 heterocycles. The molecule has 5 rings (SSSR count). The van der Waals surface area contributed by atoms with Crippen LogP contribution >= 0.6 is 0 Å². The van der Waals surface area contributed by atoms with Crippen molar-refractivity contribution >= 4 is 22.5 Å². The molecule has 154 valence electrons. The van der Waals surface area contributed by atoms with Crippen molar-refractivity contribution in [3.8, 4) is 11.8 Å². The molecular formula is C23H26N6O. The Kier molecular flexibility index (Phi) is 4.72. The zero-order chi connectivity index (χ0) is 20.7. The Balaban J connectivity index is 1.36. The second-order valence-corrected chi connectivity index (χ2v) is 8.20. The van der Waals surface area contributed by atoms with Gasteiger partial charge in [0.1, 0.15) is 23.3 Å². The first kappa shape index (κ1) is 18.8. The van der Waals surface area contributed by atoms with Gasteiger partial charge in [0.15, 0.2) is 0 Å². The van der Waals surface area contributed by atoms with Crippen molar-refractivity contribution in [2.75, 3.05) is 43.0 Å². The number of nitrogens with zero attached hydrogens (tertiary/aromatic N) is 5. The lowest BCUT2D eigenvalue weighted by Crippen LogP contribution is -2.46. The summed E-state index contributed by atoms with van der Waals surface area (Å²) in [6.07, 6.45) is 4.12. The van der Waals surface area contributed by atoms with E-state index in [1.165, 1.54) is 0 Å². The minimum atomic E-state index is 0.294. The highest BCUT2D eigenvalue weighted by atomic mass is 16.3. The van der Waals surface area contributed by atoms with Crippen molar-refractivity contribution in [1.82, 2.24) is 14.9 Å². The van der Waals surface area contributed by atoms with Crippen LogP contribution in [0.4, 0.5) is 11.5 Å². The number of anilines is 2. The summed E-state index contributed by atoms with van der Waals surface area (Å²) in [5, 5.41) is 23.3. The van der Waals surface area contributed by atoms with Gasteiger partial charge in [-0.3, -0.25) is 0 Å². The van der Waals surface area contributed by atoms with Gasteiger partial charge in [-0.1, -0.05) is 0 Å². The van der Waals surface area contributed by atoms with E-state index in [1.54, 1.807) is 12.1 Å². The van der Waals surface area contributed by atoms with Crippen LogP contribution in [0.15, 0.2) is 42.6 Å². The second kappa shape index (κ2) is 7.54. The number of rotatable bonds is 4. The van der Waals surface area contributed by atoms with E-state index in [0.717, 1.165) is 61.6 Å². The lowest BCUT2D eigenvalue weighted by Gasteiger charge is -2.37. The third kappa shape index (κ3) is 3.23. The topological polar surface area (TPSA) is 80.4 Å². The fourth-order valence-corrected chi connectivity index (χ4v) is 4.57. The van der Waals surface area contributed by atoms with Crippen molar-refractivity contribution in [3.63, 3.8) is 0 Å². The first-order valence-corrected chi connectivity index (χ1v) is 10.5. The molecule has 2 N–H and O–H groups in total. The van der Waals surface area contributed by atoms with E-state index in [1.807, 2.05) is 37.5 Å². The van der Waals surface area contributed by atoms with Gasteiger partial charge < -0.3 is 24.8 Å². The molecule has 7 heteroatoms. The molecule has 1 aromatic carbocycles. The number of benzene rings is 1. The van der Waals surface area contributed by atoms with Gasteiger partial charge in [0.2, 0.25) is 0 Å². The average Bonchev–Trinajstić information content (AvgIpc) is 3.11. The van der Waals surface area contributed by atoms with Crippen LogP contribution in [0.25, 0.3) is 11.0 Å². The summed E-state index contributed by atoms with van der Waals surface area (Å²) in [4.78, 5) is 9.64. The molecule has 2 aliphatic rings. The summed E-state index contributed by atoms with van der Waals surface area (Å²) in [5.74, 6) is 1.27. The third-order valence-electron chi connectivity index (χ3n) is 6.52. The van der Waals surface area contributed by atoms with Crippen LogP contribution < -0.4 is 15.1 Å². The maximum Gasteiger partial charge on any atom is 0.143 e. The van der Waals surface area contributed by atoms with Crippen LogP contribution in [0.3, 0.4) is 0 Å². The number of nitrogens with one attached hydrogen (secondary N) is 1. The monoisotopic (exact) mass is 402 g/mol. The van der Waals surface area contributed by atoms with Gasteiger partial charge in [0.25, 0.3) is 0 Å². The molecule has 0 radical (unpaired) electrons. The molecule has 0 amide bonds. The van der Waals surface area contributed by atoms with E-state index >= 15 is 0 Å². The van der Waals surface area contributed by atoms with Crippen molar-refractivity contribution in [2.45, 2.75) is 24.9 Å². The fraction of sp³-hybridized carbons (Fsp3) is 0.391. The first-order chi connectivity index (χ1) is 14.7. The standard InChI is InChI=1S/C23H26N6O/c1-25-17-12-19(13-17)29-15-16(14-24)21-6-7-22(26-23(21)29)28-10-8-27(9-11-28)18-2-4-20(30)5-3-18/h2-7,15,17,19,25,30H,8-13H2,1H3. The molecule has 0 bridgehead atoms. The Morgan fingerprint density at radius 1 is 1.03 bits per heavy atom. The van der Waals surface area contributed by atoms with Gasteiger partial charge >= 0.3 is 0 Å². The molecule has 30 heavy (non-hydrogen) atoms. The summed E-state index contributed by atoms with van der Waals surface area (Å²) in [7, 11) is 2.00. The number of fused-ring (bicyclic) bond motifs is 1. The summed E-state index contributed by atoms with van der Waals surface area (Å²) in [6, 6.07) is 14.8. The van der Waals surface area contributed by atoms with E-state index in [4.69, 9.17) is 4.98 Å². The summed E-state index contributed by atoms with van der Waals surface area (Å²) < 4.78 is 2.21. The minimum Gasteiger partial charge on any atom is -0.508 e. The van der Waals surface area contributed by atoms with E-state index in [9.17, 15) is 10.4 Å². The molecule has 0 unspecified atom stereocenters. The molecule has 1 saturated heterocycles. The number of hydrogen-bond donors (Lipinski definition) is 2. The summed E-state index contributed by atoms with van der Waals surface area (Å²) in [5.41, 5.74) is 2.76. The average molecular weight is 403 g/mol. The Morgan fingerprint density at radius 2 is 1.73 bits per heavy atom. The largest absolute Gasteiger partial charge is 0.508 e. The quantitative estimate of drug-likeness (QED) is 0.699. The fourth-order valence-electron chi connectivity index (χ4n) is 4.57. The molecule has 2 fully saturated rings. The summed E-state index contributed by atoms with van der Waals surface area (Å²) >= 11 is 0. The van der Waals surface area contributed by atoms with Crippen molar-refractivity contribution in [3.05, 3.63) is 48.2 Å². The van der Waals surface area contributed by atoms with Gasteiger partial charge in [-0.2, -0.15) is 5.26 Å². The lowest BCUT2D eigenvalue weighted by molar-refractivity contribution is 0.240. The zero-order valence-corrected chi connectivity index (χ0v) is 17.1. The molecule has 1 aliphatic carbocycles. The lowest BCUT2D eigenvalue weighted by atomic mass is 9.87. The van der Waals surface area contributed by atoms with Gasteiger partial charge in [-0.25, -0.2) is 4.98 Å². The normalized spacial score (nSPS) is 21.5. The van der Waals surface area contributed by atoms with E-state index in [2.05, 4.69) is 25.8 Å². The highest BCUT2D eigenvalue weighted by molar-refractivity contribution is 5.85. The van der Waals surface area contributed by atoms with Crippen molar-refractivity contribution in [1.29, 1.82) is 5.26 Å². The van der Waals surface area contributed by atoms with E-state index in [0.29, 0.717) is 23.4 Å². The molecule has 0 spiro atoms. The van der Waals surface area contributed by atoms with Crippen LogP contribution in [-0.2, 0) is 0 Å². The zero-order valence-electron chi connectivity index (χ0n) is 17.1. The highest BCUT2D eigenvalue weighted by Gasteiger charge is 2.31. The van der Waals surface area contributed by atoms with Crippen LogP contribution in [-0.4, -0.2) is 53.9 Å². The molecule has 1 aliphatic heterocycles. The Bertz CT molecular complexity index is 1090. The number of piperazine rings is 1. The predicted octanol–water partition coefficient (Wildman–Crippen LogP) is 2.86. The van der Waals surface area contributed by atoms with Gasteiger partial charge in [-0.15, -0.1) is 0 Å². The molecule has 2 aromatic heterocycles. The number of phenolic OH excluding ortho intramolecular Hbond substituents is 1. The molecule has 1 saturated carbocycles. The highest BCUT2D eigenvalue weighted by Crippen LogP contribution is 2.36. The van der Waals surface area contributed by atoms with Gasteiger partial charge in [0, 0.05) is 55.5 Å². The van der Waals surface area contributed by atoms with Gasteiger partial charge in [0.05, 0.1) is 5.56 Å². The maximum atomic E-state index is 9.56. The Morgan fingerprint density at radius 3 is 2.40 bits per heavy atom. The Hall–Kier alpha value is -3.24. The molecule has 3 aromatic rings. The van der Waals surface area contributed by atoms with E-state index < -0.39 is 0 Å². The second-order valence-electron chi connectivity index (χ2n) is 8.20. The summed E-state index contributed by atoms with van der Waals surface area (Å²) in [6.45, 7) is 3.58. The van der Waals surface area contributed by atoms with Crippen LogP contribution in [0.5, 0.6) is 5.75 Å². The predicted molar refractivity (Wildman–Crippen MR) is 118 cm³/mol. The first-order valence-electron chi connectivity index (χ1n) is 10.5. The number of pyridine rings is 1. The molecule has 7 nitrogen and oxygen atoms in total. The number of aromatic nitrogens is 2. The van der Waals surface area contributed by atoms with Gasteiger partial charge in [-0.05, 0) is 56.3 Å². The number of nitriles is 1. The van der Waals surface area contributed by atoms with Crippen molar-refractivity contribution in [2.24, 2.45) is 0 Å². The smallest absolute Gasteiger partial charge is 0.143 e. The van der Waals surface area contributed by atoms with Crippen molar-refractivity contribution < 1.29 is 5.11 Å². The van der Waals surface area contributed by atoms with Crippen LogP contribution in [0.2, 0.25) is 0 Å². The van der Waals surface area contributed by atoms with Crippen LogP contribution in [0, 0.1) is 11.3 Å².